The number of rotatable bonds is 6. The van der Waals surface area contributed by atoms with E-state index >= 15 is 0 Å². The zero-order valence-electron chi connectivity index (χ0n) is 18.2. The number of methoxy groups -OCH3 is 1. The van der Waals surface area contributed by atoms with Gasteiger partial charge in [-0.3, -0.25) is 9.48 Å². The number of aromatic nitrogens is 2. The first-order valence-electron chi connectivity index (χ1n) is 9.89. The number of nitrogens with zero attached hydrogens (tertiary/aromatic N) is 3. The molecule has 9 heteroatoms. The lowest BCUT2D eigenvalue weighted by molar-refractivity contribution is -0.137. The molecule has 0 spiro atoms. The van der Waals surface area contributed by atoms with E-state index in [1.807, 2.05) is 19.9 Å². The number of ether oxygens (including phenoxy) is 1. The number of nitrogens with one attached hydrogen (secondary N) is 1. The van der Waals surface area contributed by atoms with Crippen LogP contribution in [-0.2, 0) is 17.5 Å². The highest BCUT2D eigenvalue weighted by atomic mass is 19.4. The zero-order chi connectivity index (χ0) is 24.2. The average Bonchev–Trinajstić information content (AvgIpc) is 3.08. The van der Waals surface area contributed by atoms with Gasteiger partial charge in [-0.1, -0.05) is 18.2 Å². The Morgan fingerprint density at radius 2 is 1.94 bits per heavy atom. The van der Waals surface area contributed by atoms with Crippen molar-refractivity contribution in [2.24, 2.45) is 0 Å². The van der Waals surface area contributed by atoms with E-state index in [2.05, 4.69) is 10.4 Å². The number of nitriles is 1. The first-order valence-corrected chi connectivity index (χ1v) is 9.89. The predicted octanol–water partition coefficient (Wildman–Crippen LogP) is 5.12. The van der Waals surface area contributed by atoms with Crippen LogP contribution in [0.25, 0.3) is 6.08 Å². The van der Waals surface area contributed by atoms with E-state index in [-0.39, 0.29) is 5.57 Å². The quantitative estimate of drug-likeness (QED) is 0.414. The molecule has 0 aliphatic heterocycles. The number of benzene rings is 2. The summed E-state index contributed by atoms with van der Waals surface area (Å²) in [5.41, 5.74) is 1.35. The average molecular weight is 454 g/mol. The molecule has 33 heavy (non-hydrogen) atoms. The van der Waals surface area contributed by atoms with Crippen LogP contribution in [0.15, 0.2) is 54.1 Å². The molecular formula is C24H21F3N4O2. The molecule has 0 radical (unpaired) electrons. The minimum atomic E-state index is -4.64. The molecule has 0 saturated carbocycles. The van der Waals surface area contributed by atoms with Gasteiger partial charge in [-0.2, -0.15) is 23.5 Å². The van der Waals surface area contributed by atoms with E-state index in [0.29, 0.717) is 17.9 Å². The highest BCUT2D eigenvalue weighted by Crippen LogP contribution is 2.34. The maximum atomic E-state index is 13.2. The van der Waals surface area contributed by atoms with E-state index in [4.69, 9.17) is 4.74 Å². The number of hydrogen-bond acceptors (Lipinski definition) is 4. The molecule has 1 amide bonds. The molecule has 0 aliphatic carbocycles. The van der Waals surface area contributed by atoms with E-state index in [1.165, 1.54) is 25.3 Å². The minimum Gasteiger partial charge on any atom is -0.496 e. The monoisotopic (exact) mass is 454 g/mol. The van der Waals surface area contributed by atoms with Crippen LogP contribution < -0.4 is 10.1 Å². The molecule has 1 aromatic heterocycles. The maximum Gasteiger partial charge on any atom is 0.418 e. The summed E-state index contributed by atoms with van der Waals surface area (Å²) < 4.78 is 46.8. The highest BCUT2D eigenvalue weighted by Gasteiger charge is 2.33. The predicted molar refractivity (Wildman–Crippen MR) is 117 cm³/mol. The van der Waals surface area contributed by atoms with Crippen molar-refractivity contribution in [2.45, 2.75) is 26.6 Å². The standard InChI is InChI=1S/C24H21F3N4O2/c1-15-10-16(2)31(30-15)14-19-12-17(8-9-22(19)33-3)11-18(13-28)23(32)29-21-7-5-4-6-20(21)24(25,26)27/h4-12H,14H2,1-3H3,(H,29,32). The summed E-state index contributed by atoms with van der Waals surface area (Å²) in [6, 6.07) is 13.4. The van der Waals surface area contributed by atoms with Crippen molar-refractivity contribution >= 4 is 17.7 Å². The second-order valence-electron chi connectivity index (χ2n) is 7.32. The molecule has 0 unspecified atom stereocenters. The Balaban J connectivity index is 1.90. The van der Waals surface area contributed by atoms with Crippen LogP contribution in [0.2, 0.25) is 0 Å². The first kappa shape index (κ1) is 23.6. The van der Waals surface area contributed by atoms with Gasteiger partial charge >= 0.3 is 6.18 Å². The fourth-order valence-corrected chi connectivity index (χ4v) is 3.35. The third-order valence-electron chi connectivity index (χ3n) is 4.88. The van der Waals surface area contributed by atoms with Crippen molar-refractivity contribution in [1.29, 1.82) is 5.26 Å². The normalized spacial score (nSPS) is 11.7. The SMILES string of the molecule is COc1ccc(C=C(C#N)C(=O)Nc2ccccc2C(F)(F)F)cc1Cn1nc(C)cc1C. The molecule has 0 fully saturated rings. The van der Waals surface area contributed by atoms with Gasteiger partial charge in [0.25, 0.3) is 5.91 Å². The molecule has 170 valence electrons. The molecule has 6 nitrogen and oxygen atoms in total. The largest absolute Gasteiger partial charge is 0.496 e. The lowest BCUT2D eigenvalue weighted by Gasteiger charge is -2.13. The molecule has 0 saturated heterocycles. The molecule has 1 heterocycles. The topological polar surface area (TPSA) is 79.9 Å². The number of hydrogen-bond donors (Lipinski definition) is 1. The molecule has 3 rings (SSSR count). The van der Waals surface area contributed by atoms with Crippen molar-refractivity contribution in [3.05, 3.63) is 82.2 Å². The molecule has 0 aliphatic rings. The van der Waals surface area contributed by atoms with Crippen molar-refractivity contribution in [3.8, 4) is 11.8 Å². The summed E-state index contributed by atoms with van der Waals surface area (Å²) in [5.74, 6) is -0.341. The summed E-state index contributed by atoms with van der Waals surface area (Å²) >= 11 is 0. The summed E-state index contributed by atoms with van der Waals surface area (Å²) in [6.45, 7) is 4.21. The molecular weight excluding hydrogens is 433 g/mol. The van der Waals surface area contributed by atoms with Crippen LogP contribution >= 0.6 is 0 Å². The van der Waals surface area contributed by atoms with E-state index in [0.717, 1.165) is 29.1 Å². The summed E-state index contributed by atoms with van der Waals surface area (Å²) in [5, 5.41) is 16.1. The molecule has 1 N–H and O–H groups in total. The van der Waals surface area contributed by atoms with E-state index in [1.54, 1.807) is 29.0 Å². The molecule has 0 bridgehead atoms. The van der Waals surface area contributed by atoms with Gasteiger partial charge in [0.15, 0.2) is 0 Å². The number of carbonyl (C=O) groups excluding carboxylic acids is 1. The van der Waals surface area contributed by atoms with Gasteiger partial charge in [0, 0.05) is 11.3 Å². The summed E-state index contributed by atoms with van der Waals surface area (Å²) in [4.78, 5) is 12.6. The number of aryl methyl sites for hydroxylation is 2. The second-order valence-corrected chi connectivity index (χ2v) is 7.32. The number of anilines is 1. The third-order valence-corrected chi connectivity index (χ3v) is 4.88. The van der Waals surface area contributed by atoms with Crippen LogP contribution in [0.4, 0.5) is 18.9 Å². The number of alkyl halides is 3. The molecule has 2 aromatic carbocycles. The van der Waals surface area contributed by atoms with E-state index in [9.17, 15) is 23.2 Å². The highest BCUT2D eigenvalue weighted by molar-refractivity contribution is 6.10. The fraction of sp³-hybridized carbons (Fsp3) is 0.208. The fourth-order valence-electron chi connectivity index (χ4n) is 3.35. The minimum absolute atomic E-state index is 0.339. The van der Waals surface area contributed by atoms with Gasteiger partial charge in [-0.05, 0) is 55.8 Å². The summed E-state index contributed by atoms with van der Waals surface area (Å²) in [6.07, 6.45) is -3.33. The van der Waals surface area contributed by atoms with Gasteiger partial charge in [-0.15, -0.1) is 0 Å². The Morgan fingerprint density at radius 1 is 1.21 bits per heavy atom. The maximum absolute atomic E-state index is 13.2. The van der Waals surface area contributed by atoms with Crippen LogP contribution in [-0.4, -0.2) is 22.8 Å². The first-order chi connectivity index (χ1) is 15.6. The van der Waals surface area contributed by atoms with Crippen LogP contribution in [0, 0.1) is 25.2 Å². The summed E-state index contributed by atoms with van der Waals surface area (Å²) in [7, 11) is 1.53. The van der Waals surface area contributed by atoms with Gasteiger partial charge in [0.05, 0.1) is 30.6 Å². The number of amides is 1. The number of carbonyl (C=O) groups is 1. The van der Waals surface area contributed by atoms with Crippen molar-refractivity contribution in [1.82, 2.24) is 9.78 Å². The van der Waals surface area contributed by atoms with Gasteiger partial charge in [0.1, 0.15) is 17.4 Å². The van der Waals surface area contributed by atoms with Crippen LogP contribution in [0.5, 0.6) is 5.75 Å². The number of para-hydroxylation sites is 1. The van der Waals surface area contributed by atoms with Crippen LogP contribution in [0.1, 0.15) is 28.1 Å². The van der Waals surface area contributed by atoms with Gasteiger partial charge in [-0.25, -0.2) is 0 Å². The Labute approximate surface area is 188 Å². The van der Waals surface area contributed by atoms with Crippen LogP contribution in [0.3, 0.4) is 0 Å². The number of halogens is 3. The lowest BCUT2D eigenvalue weighted by Crippen LogP contribution is -2.17. The van der Waals surface area contributed by atoms with Gasteiger partial charge in [0.2, 0.25) is 0 Å². The Bertz CT molecular complexity index is 1250. The Kier molecular flexibility index (Phi) is 6.87. The smallest absolute Gasteiger partial charge is 0.418 e. The Morgan fingerprint density at radius 3 is 2.55 bits per heavy atom. The van der Waals surface area contributed by atoms with E-state index < -0.39 is 23.3 Å². The molecule has 3 aromatic rings. The molecule has 0 atom stereocenters. The lowest BCUT2D eigenvalue weighted by atomic mass is 10.1. The van der Waals surface area contributed by atoms with Gasteiger partial charge < -0.3 is 10.1 Å². The van der Waals surface area contributed by atoms with Crippen molar-refractivity contribution in [3.63, 3.8) is 0 Å². The Hall–Kier alpha value is -4.06. The second kappa shape index (κ2) is 9.61. The zero-order valence-corrected chi connectivity index (χ0v) is 18.2. The van der Waals surface area contributed by atoms with Crippen molar-refractivity contribution < 1.29 is 22.7 Å². The third kappa shape index (κ3) is 5.60. The van der Waals surface area contributed by atoms with Crippen molar-refractivity contribution in [2.75, 3.05) is 12.4 Å².